The average molecular weight is 928 g/mol. The van der Waals surface area contributed by atoms with Gasteiger partial charge in [0.25, 0.3) is 0 Å². The first kappa shape index (κ1) is 41.7. The molecular formula is C72H49N. The van der Waals surface area contributed by atoms with E-state index in [9.17, 15) is 0 Å². The number of nitrogens with zero attached hydrogens (tertiary/aromatic N) is 1. The second-order valence-electron chi connectivity index (χ2n) is 20.8. The van der Waals surface area contributed by atoms with Gasteiger partial charge in [-0.05, 0) is 176 Å². The van der Waals surface area contributed by atoms with E-state index in [1.54, 1.807) is 0 Å². The van der Waals surface area contributed by atoms with E-state index in [4.69, 9.17) is 0 Å². The summed E-state index contributed by atoms with van der Waals surface area (Å²) >= 11 is 0. The van der Waals surface area contributed by atoms with Crippen molar-refractivity contribution in [3.63, 3.8) is 0 Å². The lowest BCUT2D eigenvalue weighted by Gasteiger charge is -2.31. The molecule has 0 N–H and O–H groups in total. The lowest BCUT2D eigenvalue weighted by molar-refractivity contribution is 0.660. The number of hydrogen-bond donors (Lipinski definition) is 0. The Labute approximate surface area is 427 Å². The molecule has 0 fully saturated rings. The number of benzene rings is 12. The van der Waals surface area contributed by atoms with Crippen molar-refractivity contribution in [1.29, 1.82) is 0 Å². The molecule has 0 aliphatic heterocycles. The van der Waals surface area contributed by atoms with Crippen LogP contribution in [-0.4, -0.2) is 0 Å². The molecule has 0 saturated carbocycles. The van der Waals surface area contributed by atoms with Crippen LogP contribution in [0.2, 0.25) is 0 Å². The summed E-state index contributed by atoms with van der Waals surface area (Å²) in [4.78, 5) is 2.48. The smallest absolute Gasteiger partial charge is 0.0725 e. The summed E-state index contributed by atoms with van der Waals surface area (Å²) in [5.41, 5.74) is 26.0. The number of hydrogen-bond acceptors (Lipinski definition) is 1. The third-order valence-corrected chi connectivity index (χ3v) is 16.7. The monoisotopic (exact) mass is 927 g/mol. The van der Waals surface area contributed by atoms with E-state index in [1.807, 2.05) is 0 Å². The maximum Gasteiger partial charge on any atom is 0.0725 e. The van der Waals surface area contributed by atoms with Crippen LogP contribution >= 0.6 is 0 Å². The molecule has 1 heteroatoms. The van der Waals surface area contributed by atoms with Crippen molar-refractivity contribution in [1.82, 2.24) is 0 Å². The predicted octanol–water partition coefficient (Wildman–Crippen LogP) is 19.1. The molecule has 3 aliphatic carbocycles. The number of fused-ring (bicyclic) bond motifs is 15. The van der Waals surface area contributed by atoms with Gasteiger partial charge in [0, 0.05) is 22.5 Å². The molecule has 0 saturated heterocycles. The molecule has 3 aliphatic rings. The zero-order valence-corrected chi connectivity index (χ0v) is 40.8. The highest BCUT2D eigenvalue weighted by Crippen LogP contribution is 2.63. The average Bonchev–Trinajstić information content (AvgIpc) is 4.02. The first-order valence-electron chi connectivity index (χ1n) is 25.6. The zero-order chi connectivity index (χ0) is 48.4. The van der Waals surface area contributed by atoms with Crippen molar-refractivity contribution in [2.75, 3.05) is 4.90 Å². The Kier molecular flexibility index (Phi) is 8.99. The Morgan fingerprint density at radius 3 is 1.18 bits per heavy atom. The van der Waals surface area contributed by atoms with Crippen LogP contribution in [0, 0.1) is 0 Å². The topological polar surface area (TPSA) is 3.24 Å². The third-order valence-electron chi connectivity index (χ3n) is 16.7. The van der Waals surface area contributed by atoms with Crippen molar-refractivity contribution in [2.24, 2.45) is 0 Å². The maximum absolute atomic E-state index is 2.48. The minimum absolute atomic E-state index is 0.228. The Hall–Kier alpha value is -9.04. The van der Waals surface area contributed by atoms with Gasteiger partial charge in [-0.15, -0.1) is 0 Å². The summed E-state index contributed by atoms with van der Waals surface area (Å²) in [6.07, 6.45) is 0. The second kappa shape index (κ2) is 15.7. The molecule has 1 spiro atoms. The summed E-state index contributed by atoms with van der Waals surface area (Å²) in [5.74, 6) is 0. The quantitative estimate of drug-likeness (QED) is 0.161. The van der Waals surface area contributed by atoms with Gasteiger partial charge in [0.05, 0.1) is 5.41 Å². The van der Waals surface area contributed by atoms with E-state index >= 15 is 0 Å². The van der Waals surface area contributed by atoms with Crippen LogP contribution in [0.15, 0.2) is 261 Å². The number of rotatable bonds is 6. The van der Waals surface area contributed by atoms with E-state index in [2.05, 4.69) is 280 Å². The van der Waals surface area contributed by atoms with Gasteiger partial charge in [-0.3, -0.25) is 0 Å². The van der Waals surface area contributed by atoms with Crippen LogP contribution < -0.4 is 4.90 Å². The molecule has 0 bridgehead atoms. The van der Waals surface area contributed by atoms with Crippen LogP contribution in [0.1, 0.15) is 47.2 Å². The van der Waals surface area contributed by atoms with E-state index in [-0.39, 0.29) is 5.41 Å². The van der Waals surface area contributed by atoms with E-state index < -0.39 is 5.41 Å². The van der Waals surface area contributed by atoms with Crippen LogP contribution in [0.25, 0.3) is 88.3 Å². The fourth-order valence-corrected chi connectivity index (χ4v) is 13.1. The summed E-state index contributed by atoms with van der Waals surface area (Å²) in [7, 11) is 0. The Morgan fingerprint density at radius 2 is 0.589 bits per heavy atom. The van der Waals surface area contributed by atoms with Gasteiger partial charge in [0.15, 0.2) is 0 Å². The van der Waals surface area contributed by atoms with Gasteiger partial charge >= 0.3 is 0 Å². The summed E-state index contributed by atoms with van der Waals surface area (Å²) in [6.45, 7) is 4.80. The Balaban J connectivity index is 0.855. The highest BCUT2D eigenvalue weighted by molar-refractivity contribution is 5.97. The fourth-order valence-electron chi connectivity index (χ4n) is 13.1. The van der Waals surface area contributed by atoms with Crippen molar-refractivity contribution in [3.8, 4) is 66.8 Å². The van der Waals surface area contributed by atoms with Gasteiger partial charge in [-0.2, -0.15) is 0 Å². The maximum atomic E-state index is 2.48. The Bertz CT molecular complexity index is 4180. The van der Waals surface area contributed by atoms with Gasteiger partial charge in [0.1, 0.15) is 0 Å². The standard InChI is InChI=1S/C72H49N/c1-71(2)69-43-55(54-30-28-47-14-4-6-16-52(47)42-54)33-38-62(69)63-39-36-58(45-70(63)71)73(56-34-31-49(32-35-56)48-23-25-50(26-24-48)53-29-27-46-13-3-5-15-51(46)41-53)57-37-40-68-64(44-57)61-19-9-12-22-67(61)72(68)65-20-10-7-17-59(65)60-18-8-11-21-66(60)72/h3-45H,1-2H3. The van der Waals surface area contributed by atoms with Gasteiger partial charge in [-0.25, -0.2) is 0 Å². The first-order valence-corrected chi connectivity index (χ1v) is 25.6. The fraction of sp³-hybridized carbons (Fsp3) is 0.0556. The molecule has 15 rings (SSSR count). The molecule has 73 heavy (non-hydrogen) atoms. The van der Waals surface area contributed by atoms with Crippen LogP contribution in [0.4, 0.5) is 17.1 Å². The summed E-state index contributed by atoms with van der Waals surface area (Å²) in [6, 6.07) is 97.8. The van der Waals surface area contributed by atoms with Crippen LogP contribution in [0.3, 0.4) is 0 Å². The summed E-state index contributed by atoms with van der Waals surface area (Å²) in [5, 5.41) is 5.04. The van der Waals surface area contributed by atoms with Gasteiger partial charge in [-0.1, -0.05) is 220 Å². The zero-order valence-electron chi connectivity index (χ0n) is 40.8. The summed E-state index contributed by atoms with van der Waals surface area (Å²) < 4.78 is 0. The number of anilines is 3. The minimum atomic E-state index is -0.400. The first-order chi connectivity index (χ1) is 35.9. The molecule has 0 aromatic heterocycles. The third kappa shape index (κ3) is 6.16. The predicted molar refractivity (Wildman–Crippen MR) is 306 cm³/mol. The van der Waals surface area contributed by atoms with E-state index in [0.717, 1.165) is 17.1 Å². The largest absolute Gasteiger partial charge is 0.310 e. The van der Waals surface area contributed by atoms with Crippen molar-refractivity contribution in [3.05, 3.63) is 294 Å². The molecule has 0 radical (unpaired) electrons. The highest BCUT2D eigenvalue weighted by atomic mass is 15.1. The molecule has 342 valence electrons. The molecule has 0 atom stereocenters. The van der Waals surface area contributed by atoms with Crippen LogP contribution in [-0.2, 0) is 10.8 Å². The van der Waals surface area contributed by atoms with Crippen molar-refractivity contribution < 1.29 is 0 Å². The lowest BCUT2D eigenvalue weighted by atomic mass is 9.70. The normalized spacial score (nSPS) is 13.8. The molecule has 0 heterocycles. The van der Waals surface area contributed by atoms with Crippen molar-refractivity contribution in [2.45, 2.75) is 24.7 Å². The SMILES string of the molecule is CC1(C)c2cc(-c3ccc4ccccc4c3)ccc2-c2ccc(N(c3ccc(-c4ccc(-c5ccc6ccccc6c5)cc4)cc3)c3ccc4c(c3)-c3ccccc3C43c4ccccc4-c4ccccc43)cc21. The molecule has 12 aromatic rings. The van der Waals surface area contributed by atoms with Gasteiger partial charge < -0.3 is 4.90 Å². The van der Waals surface area contributed by atoms with Gasteiger partial charge in [0.2, 0.25) is 0 Å². The van der Waals surface area contributed by atoms with Crippen LogP contribution in [0.5, 0.6) is 0 Å². The molecule has 1 nitrogen and oxygen atoms in total. The molecule has 0 amide bonds. The molecule has 0 unspecified atom stereocenters. The Morgan fingerprint density at radius 1 is 0.233 bits per heavy atom. The highest BCUT2D eigenvalue weighted by Gasteiger charge is 2.51. The van der Waals surface area contributed by atoms with Crippen molar-refractivity contribution >= 4 is 38.6 Å². The lowest BCUT2D eigenvalue weighted by Crippen LogP contribution is -2.25. The molecular weight excluding hydrogens is 879 g/mol. The second-order valence-corrected chi connectivity index (χ2v) is 20.8. The van der Waals surface area contributed by atoms with E-state index in [1.165, 1.54) is 122 Å². The molecule has 12 aromatic carbocycles. The minimum Gasteiger partial charge on any atom is -0.310 e. The van der Waals surface area contributed by atoms with E-state index in [0.29, 0.717) is 0 Å².